The second-order valence-electron chi connectivity index (χ2n) is 11.4. The van der Waals surface area contributed by atoms with Gasteiger partial charge in [-0.1, -0.05) is 13.0 Å². The van der Waals surface area contributed by atoms with Gasteiger partial charge in [0.2, 0.25) is 0 Å². The summed E-state index contributed by atoms with van der Waals surface area (Å²) in [5.41, 5.74) is 3.10. The molecule has 1 aromatic carbocycles. The molecular formula is C27H41N3O2. The number of benzene rings is 1. The Labute approximate surface area is 193 Å². The van der Waals surface area contributed by atoms with E-state index >= 15 is 0 Å². The summed E-state index contributed by atoms with van der Waals surface area (Å²) in [6.07, 6.45) is 9.67. The molecule has 1 saturated heterocycles. The molecule has 4 fully saturated rings. The first-order valence-electron chi connectivity index (χ1n) is 12.8. The van der Waals surface area contributed by atoms with Crippen molar-refractivity contribution in [2.45, 2.75) is 69.7 Å². The van der Waals surface area contributed by atoms with Crippen LogP contribution >= 0.6 is 0 Å². The van der Waals surface area contributed by atoms with E-state index in [0.29, 0.717) is 11.7 Å². The summed E-state index contributed by atoms with van der Waals surface area (Å²) in [4.78, 5) is 19.5. The Morgan fingerprint density at radius 3 is 2.56 bits per heavy atom. The summed E-state index contributed by atoms with van der Waals surface area (Å²) in [6, 6.07) is 6.49. The minimum absolute atomic E-state index is 0.0565. The number of phenols is 1. The highest BCUT2D eigenvalue weighted by molar-refractivity contribution is 5.74. The number of hydrogen-bond donors (Lipinski definition) is 1. The van der Waals surface area contributed by atoms with Gasteiger partial charge in [0.15, 0.2) is 0 Å². The number of urea groups is 1. The molecule has 5 rings (SSSR count). The minimum Gasteiger partial charge on any atom is -0.508 e. The average molecular weight is 440 g/mol. The van der Waals surface area contributed by atoms with Crippen LogP contribution in [0.25, 0.3) is 0 Å². The highest BCUT2D eigenvalue weighted by Gasteiger charge is 2.67. The van der Waals surface area contributed by atoms with E-state index < -0.39 is 0 Å². The van der Waals surface area contributed by atoms with E-state index in [1.807, 2.05) is 32.1 Å². The number of carbonyl (C=O) groups is 1. The molecule has 1 aliphatic heterocycles. The number of nitrogens with zero attached hydrogens (tertiary/aromatic N) is 3. The molecule has 5 nitrogen and oxygen atoms in total. The number of piperidine rings is 1. The first kappa shape index (κ1) is 22.1. The smallest absolute Gasteiger partial charge is 0.319 e. The molecule has 5 heteroatoms. The van der Waals surface area contributed by atoms with Crippen molar-refractivity contribution in [2.75, 3.05) is 40.8 Å². The molecule has 3 aliphatic carbocycles. The minimum atomic E-state index is 0.0565. The van der Waals surface area contributed by atoms with Crippen molar-refractivity contribution in [3.05, 3.63) is 29.3 Å². The quantitative estimate of drug-likeness (QED) is 0.736. The Hall–Kier alpha value is -1.75. The van der Waals surface area contributed by atoms with E-state index in [0.717, 1.165) is 31.7 Å². The fourth-order valence-electron chi connectivity index (χ4n) is 8.03. The maximum atomic E-state index is 13.0. The Bertz CT molecular complexity index is 882. The number of rotatable bonds is 5. The van der Waals surface area contributed by atoms with E-state index in [2.05, 4.69) is 24.0 Å². The molecule has 2 amide bonds. The summed E-state index contributed by atoms with van der Waals surface area (Å²) >= 11 is 0. The zero-order valence-electron chi connectivity index (χ0n) is 20.4. The van der Waals surface area contributed by atoms with Crippen molar-refractivity contribution in [3.63, 3.8) is 0 Å². The average Bonchev–Trinajstić information content (AvgIpc) is 3.56. The van der Waals surface area contributed by atoms with Crippen LogP contribution < -0.4 is 0 Å². The summed E-state index contributed by atoms with van der Waals surface area (Å²) in [7, 11) is 5.73. The van der Waals surface area contributed by atoms with E-state index in [1.165, 1.54) is 56.3 Å². The predicted molar refractivity (Wildman–Crippen MR) is 128 cm³/mol. The number of likely N-dealkylation sites (tertiary alicyclic amines) is 1. The molecule has 0 aromatic heterocycles. The first-order valence-corrected chi connectivity index (χ1v) is 12.8. The number of aryl methyl sites for hydroxylation is 1. The third-order valence-electron chi connectivity index (χ3n) is 9.60. The first-order chi connectivity index (χ1) is 15.3. The molecule has 1 heterocycles. The van der Waals surface area contributed by atoms with Gasteiger partial charge in [-0.15, -0.1) is 0 Å². The van der Waals surface area contributed by atoms with E-state index in [9.17, 15) is 9.90 Å². The van der Waals surface area contributed by atoms with Gasteiger partial charge in [0.25, 0.3) is 0 Å². The van der Waals surface area contributed by atoms with Crippen LogP contribution in [0.15, 0.2) is 18.2 Å². The molecule has 0 radical (unpaired) electrons. The lowest BCUT2D eigenvalue weighted by atomic mass is 9.48. The van der Waals surface area contributed by atoms with Crippen LogP contribution in [0.4, 0.5) is 4.79 Å². The maximum Gasteiger partial charge on any atom is 0.319 e. The second kappa shape index (κ2) is 7.93. The Kier molecular flexibility index (Phi) is 5.47. The predicted octanol–water partition coefficient (Wildman–Crippen LogP) is 4.48. The van der Waals surface area contributed by atoms with Crippen LogP contribution in [0.2, 0.25) is 0 Å². The van der Waals surface area contributed by atoms with Gasteiger partial charge in [-0.05, 0) is 98.4 Å². The summed E-state index contributed by atoms with van der Waals surface area (Å²) in [5, 5.41) is 10.6. The lowest BCUT2D eigenvalue weighted by Crippen LogP contribution is -2.64. The second-order valence-corrected chi connectivity index (χ2v) is 11.4. The largest absolute Gasteiger partial charge is 0.508 e. The number of hydrogen-bond acceptors (Lipinski definition) is 3. The van der Waals surface area contributed by atoms with Gasteiger partial charge >= 0.3 is 6.03 Å². The van der Waals surface area contributed by atoms with Crippen LogP contribution in [-0.2, 0) is 11.8 Å². The van der Waals surface area contributed by atoms with Crippen LogP contribution in [0.5, 0.6) is 5.75 Å². The molecule has 4 aliphatic rings. The molecule has 32 heavy (non-hydrogen) atoms. The summed E-state index contributed by atoms with van der Waals surface area (Å²) in [6.45, 7) is 5.85. The highest BCUT2D eigenvalue weighted by Crippen LogP contribution is 2.68. The van der Waals surface area contributed by atoms with Crippen molar-refractivity contribution in [3.8, 4) is 5.75 Å². The van der Waals surface area contributed by atoms with Gasteiger partial charge in [-0.3, -0.25) is 0 Å². The number of phenolic OH excluding ortho intramolecular Hbond substituents is 1. The van der Waals surface area contributed by atoms with Gasteiger partial charge in [0.05, 0.1) is 0 Å². The third kappa shape index (κ3) is 3.26. The molecular weight excluding hydrogens is 398 g/mol. The van der Waals surface area contributed by atoms with E-state index in [-0.39, 0.29) is 22.9 Å². The van der Waals surface area contributed by atoms with Crippen LogP contribution in [0.3, 0.4) is 0 Å². The molecule has 176 valence electrons. The number of aromatic hydroxyl groups is 1. The lowest BCUT2D eigenvalue weighted by molar-refractivity contribution is -0.0531. The normalized spacial score (nSPS) is 34.2. The van der Waals surface area contributed by atoms with Gasteiger partial charge in [-0.2, -0.15) is 0 Å². The van der Waals surface area contributed by atoms with Gasteiger partial charge in [0.1, 0.15) is 5.75 Å². The molecule has 0 spiro atoms. The zero-order valence-corrected chi connectivity index (χ0v) is 20.4. The lowest BCUT2D eigenvalue weighted by Gasteiger charge is -2.61. The number of carbonyl (C=O) groups excluding carboxylic acids is 1. The third-order valence-corrected chi connectivity index (χ3v) is 9.60. The van der Waals surface area contributed by atoms with Crippen molar-refractivity contribution in [1.29, 1.82) is 0 Å². The number of amides is 2. The fraction of sp³-hybridized carbons (Fsp3) is 0.741. The molecule has 1 aromatic rings. The fourth-order valence-corrected chi connectivity index (χ4v) is 8.03. The van der Waals surface area contributed by atoms with Crippen molar-refractivity contribution < 1.29 is 9.90 Å². The zero-order chi connectivity index (χ0) is 22.7. The van der Waals surface area contributed by atoms with Crippen LogP contribution in [0.1, 0.15) is 63.0 Å². The van der Waals surface area contributed by atoms with Crippen molar-refractivity contribution in [2.24, 2.45) is 17.3 Å². The van der Waals surface area contributed by atoms with E-state index in [1.54, 1.807) is 4.90 Å². The van der Waals surface area contributed by atoms with E-state index in [4.69, 9.17) is 0 Å². The molecule has 1 N–H and O–H groups in total. The standard InChI is InChI=1S/C27H41N3O2/c1-5-20-8-9-21(31)16-23(20)27-14-15-30(17-19-6-7-19)18-26(27)12-10-22(27)24(11-13-26)29(4)25(32)28(2)3/h8-9,16,19,22,24,31H,5-7,10-15,17-18H2,1-4H3. The monoisotopic (exact) mass is 439 g/mol. The van der Waals surface area contributed by atoms with Gasteiger partial charge < -0.3 is 19.8 Å². The SMILES string of the molecule is CCc1ccc(O)cc1C12CCN(CC3CC3)CC13CCC(N(C)C(=O)N(C)C)C2CC3. The Balaban J connectivity index is 1.59. The molecule has 3 saturated carbocycles. The van der Waals surface area contributed by atoms with Gasteiger partial charge in [0, 0.05) is 45.7 Å². The summed E-state index contributed by atoms with van der Waals surface area (Å²) < 4.78 is 0. The Morgan fingerprint density at radius 1 is 1.12 bits per heavy atom. The summed E-state index contributed by atoms with van der Waals surface area (Å²) in [5.74, 6) is 1.77. The van der Waals surface area contributed by atoms with Gasteiger partial charge in [-0.25, -0.2) is 4.79 Å². The van der Waals surface area contributed by atoms with Crippen molar-refractivity contribution in [1.82, 2.24) is 14.7 Å². The van der Waals surface area contributed by atoms with Crippen LogP contribution in [-0.4, -0.2) is 72.7 Å². The van der Waals surface area contributed by atoms with Crippen LogP contribution in [0, 0.1) is 17.3 Å². The molecule has 2 bridgehead atoms. The Morgan fingerprint density at radius 2 is 1.88 bits per heavy atom. The highest BCUT2D eigenvalue weighted by atomic mass is 16.3. The topological polar surface area (TPSA) is 47.0 Å². The molecule has 4 atom stereocenters. The maximum absolute atomic E-state index is 13.0. The molecule has 4 unspecified atom stereocenters. The van der Waals surface area contributed by atoms with Crippen molar-refractivity contribution >= 4 is 6.03 Å².